The van der Waals surface area contributed by atoms with Gasteiger partial charge >= 0.3 is 0 Å². The zero-order valence-corrected chi connectivity index (χ0v) is 11.0. The van der Waals surface area contributed by atoms with Crippen LogP contribution in [0.1, 0.15) is 12.1 Å². The minimum absolute atomic E-state index is 0.338. The van der Waals surface area contributed by atoms with E-state index in [1.54, 1.807) is 12.3 Å². The lowest BCUT2D eigenvalue weighted by Crippen LogP contribution is -2.19. The van der Waals surface area contributed by atoms with Gasteiger partial charge in [0.1, 0.15) is 12.4 Å². The third-order valence-electron chi connectivity index (χ3n) is 3.19. The number of aromatic nitrogens is 1. The first-order chi connectivity index (χ1) is 9.17. The molecule has 1 aliphatic heterocycles. The van der Waals surface area contributed by atoms with Gasteiger partial charge in [0.15, 0.2) is 9.84 Å². The molecule has 0 saturated carbocycles. The normalized spacial score (nSPS) is 23.5. The van der Waals surface area contributed by atoms with Crippen LogP contribution in [0, 0.1) is 0 Å². The van der Waals surface area contributed by atoms with Crippen LogP contribution in [0.3, 0.4) is 0 Å². The Morgan fingerprint density at radius 3 is 3.00 bits per heavy atom. The molecule has 0 amide bonds. The summed E-state index contributed by atoms with van der Waals surface area (Å²) in [5.41, 5.74) is 1.56. The highest BCUT2D eigenvalue weighted by atomic mass is 32.2. The highest BCUT2D eigenvalue weighted by molar-refractivity contribution is 7.95. The largest absolute Gasteiger partial charge is 0.487 e. The van der Waals surface area contributed by atoms with Gasteiger partial charge in [0.05, 0.1) is 10.9 Å². The molecule has 1 atom stereocenters. The summed E-state index contributed by atoms with van der Waals surface area (Å²) in [5.74, 6) is 0.624. The predicted molar refractivity (Wildman–Crippen MR) is 71.7 cm³/mol. The van der Waals surface area contributed by atoms with Gasteiger partial charge in [0.25, 0.3) is 0 Å². The Balaban J connectivity index is 1.81. The molecule has 98 valence electrons. The number of hydrogen-bond acceptors (Lipinski definition) is 4. The van der Waals surface area contributed by atoms with E-state index in [-0.39, 0.29) is 0 Å². The maximum absolute atomic E-state index is 11.8. The molecule has 19 heavy (non-hydrogen) atoms. The molecule has 0 saturated heterocycles. The third-order valence-corrected chi connectivity index (χ3v) is 4.94. The quantitative estimate of drug-likeness (QED) is 0.848. The second-order valence-electron chi connectivity index (χ2n) is 4.45. The van der Waals surface area contributed by atoms with E-state index in [0.717, 1.165) is 11.3 Å². The number of hydrogen-bond donors (Lipinski definition) is 0. The van der Waals surface area contributed by atoms with Gasteiger partial charge in [-0.25, -0.2) is 8.42 Å². The summed E-state index contributed by atoms with van der Waals surface area (Å²) in [6.07, 6.45) is 7.53. The monoisotopic (exact) mass is 275 g/mol. The van der Waals surface area contributed by atoms with Crippen molar-refractivity contribution in [3.8, 4) is 0 Å². The summed E-state index contributed by atoms with van der Waals surface area (Å²) in [4.78, 5) is 4.17. The average Bonchev–Trinajstić information content (AvgIpc) is 2.74. The number of sulfone groups is 1. The van der Waals surface area contributed by atoms with E-state index < -0.39 is 15.1 Å². The molecule has 4 nitrogen and oxygen atoms in total. The lowest BCUT2D eigenvalue weighted by Gasteiger charge is -2.18. The maximum Gasteiger partial charge on any atom is 0.179 e. The van der Waals surface area contributed by atoms with Gasteiger partial charge < -0.3 is 4.74 Å². The lowest BCUT2D eigenvalue weighted by atomic mass is 10.0. The first kappa shape index (κ1) is 12.2. The number of rotatable bonds is 3. The first-order valence-corrected chi connectivity index (χ1v) is 7.63. The Kier molecular flexibility index (Phi) is 2.98. The standard InChI is InChI=1S/C14H13NO3S/c16-19(17)9-7-12-13(5-3-6-14(12)19)18-10-11-4-1-2-8-15-11/h1-5,7-9,14H,6,10H2. The van der Waals surface area contributed by atoms with Gasteiger partial charge in [-0.1, -0.05) is 12.1 Å². The van der Waals surface area contributed by atoms with Crippen molar-refractivity contribution in [1.29, 1.82) is 0 Å². The summed E-state index contributed by atoms with van der Waals surface area (Å²) >= 11 is 0. The molecule has 0 spiro atoms. The topological polar surface area (TPSA) is 56.3 Å². The van der Waals surface area contributed by atoms with Gasteiger partial charge in [0, 0.05) is 17.2 Å². The summed E-state index contributed by atoms with van der Waals surface area (Å²) in [6, 6.07) is 5.60. The van der Waals surface area contributed by atoms with Crippen molar-refractivity contribution < 1.29 is 13.2 Å². The molecule has 1 unspecified atom stereocenters. The van der Waals surface area contributed by atoms with Crippen LogP contribution < -0.4 is 0 Å². The van der Waals surface area contributed by atoms with Crippen molar-refractivity contribution >= 4 is 9.84 Å². The highest BCUT2D eigenvalue weighted by Crippen LogP contribution is 2.33. The molecule has 1 aromatic rings. The molecular formula is C14H13NO3S. The van der Waals surface area contributed by atoms with Gasteiger partial charge in [0.2, 0.25) is 0 Å². The number of allylic oxidation sites excluding steroid dienone is 3. The van der Waals surface area contributed by atoms with Crippen LogP contribution in [0.15, 0.2) is 59.4 Å². The van der Waals surface area contributed by atoms with Gasteiger partial charge in [-0.2, -0.15) is 0 Å². The van der Waals surface area contributed by atoms with Crippen molar-refractivity contribution in [3.63, 3.8) is 0 Å². The molecule has 0 fully saturated rings. The molecule has 0 bridgehead atoms. The van der Waals surface area contributed by atoms with E-state index in [9.17, 15) is 8.42 Å². The molecule has 0 aromatic carbocycles. The molecule has 2 aliphatic rings. The van der Waals surface area contributed by atoms with E-state index in [1.807, 2.05) is 30.4 Å². The molecule has 3 rings (SSSR count). The van der Waals surface area contributed by atoms with Crippen molar-refractivity contribution in [2.75, 3.05) is 0 Å². The fourth-order valence-corrected chi connectivity index (χ4v) is 3.66. The Hall–Kier alpha value is -1.88. The Labute approximate surface area is 112 Å². The zero-order valence-electron chi connectivity index (χ0n) is 10.2. The smallest absolute Gasteiger partial charge is 0.179 e. The van der Waals surface area contributed by atoms with Gasteiger partial charge in [-0.3, -0.25) is 4.98 Å². The van der Waals surface area contributed by atoms with Gasteiger partial charge in [-0.05, 0) is 30.7 Å². The fourth-order valence-electron chi connectivity index (χ4n) is 2.21. The lowest BCUT2D eigenvalue weighted by molar-refractivity contribution is 0.203. The van der Waals surface area contributed by atoms with Crippen LogP contribution in [0.4, 0.5) is 0 Å². The number of fused-ring (bicyclic) bond motifs is 1. The van der Waals surface area contributed by atoms with E-state index in [0.29, 0.717) is 18.8 Å². The minimum Gasteiger partial charge on any atom is -0.487 e. The van der Waals surface area contributed by atoms with E-state index >= 15 is 0 Å². The van der Waals surface area contributed by atoms with Crippen LogP contribution in [0.2, 0.25) is 0 Å². The van der Waals surface area contributed by atoms with Crippen molar-refractivity contribution in [2.24, 2.45) is 0 Å². The molecule has 1 aliphatic carbocycles. The molecule has 0 N–H and O–H groups in total. The van der Waals surface area contributed by atoms with Crippen LogP contribution in [-0.2, 0) is 21.2 Å². The number of nitrogens with zero attached hydrogens (tertiary/aromatic N) is 1. The minimum atomic E-state index is -3.15. The van der Waals surface area contributed by atoms with Gasteiger partial charge in [-0.15, -0.1) is 0 Å². The molecule has 0 radical (unpaired) electrons. The van der Waals surface area contributed by atoms with Crippen LogP contribution in [0.25, 0.3) is 0 Å². The molecule has 1 aromatic heterocycles. The van der Waals surface area contributed by atoms with Crippen LogP contribution in [0.5, 0.6) is 0 Å². The molecular weight excluding hydrogens is 262 g/mol. The highest BCUT2D eigenvalue weighted by Gasteiger charge is 2.34. The summed E-state index contributed by atoms with van der Waals surface area (Å²) in [6.45, 7) is 0.338. The predicted octanol–water partition coefficient (Wildman–Crippen LogP) is 2.12. The first-order valence-electron chi connectivity index (χ1n) is 6.02. The fraction of sp³-hybridized carbons (Fsp3) is 0.214. The molecule has 5 heteroatoms. The summed E-state index contributed by atoms with van der Waals surface area (Å²) in [5, 5.41) is 0.792. The Morgan fingerprint density at radius 1 is 1.32 bits per heavy atom. The Bertz CT molecular complexity index is 672. The van der Waals surface area contributed by atoms with E-state index in [2.05, 4.69) is 4.98 Å². The second kappa shape index (κ2) is 4.66. The van der Waals surface area contributed by atoms with E-state index in [1.165, 1.54) is 5.41 Å². The Morgan fingerprint density at radius 2 is 2.21 bits per heavy atom. The SMILES string of the molecule is O=S1(=O)C=CC2=C(OCc3ccccn3)C=CCC21. The second-order valence-corrected chi connectivity index (χ2v) is 6.47. The van der Waals surface area contributed by atoms with Crippen molar-refractivity contribution in [1.82, 2.24) is 4.98 Å². The molecule has 2 heterocycles. The third kappa shape index (κ3) is 2.33. The summed E-state index contributed by atoms with van der Waals surface area (Å²) in [7, 11) is -3.15. The number of pyridine rings is 1. The zero-order chi connectivity index (χ0) is 13.3. The van der Waals surface area contributed by atoms with Crippen molar-refractivity contribution in [3.05, 3.63) is 65.1 Å². The number of ether oxygens (including phenoxy) is 1. The summed E-state index contributed by atoms with van der Waals surface area (Å²) < 4.78 is 29.3. The van der Waals surface area contributed by atoms with Crippen LogP contribution in [-0.4, -0.2) is 18.7 Å². The average molecular weight is 275 g/mol. The maximum atomic E-state index is 11.8. The van der Waals surface area contributed by atoms with E-state index in [4.69, 9.17) is 4.74 Å². The van der Waals surface area contributed by atoms with Crippen molar-refractivity contribution in [2.45, 2.75) is 18.3 Å². The van der Waals surface area contributed by atoms with Crippen LogP contribution >= 0.6 is 0 Å².